The Balaban J connectivity index is 2.51. The van der Waals surface area contributed by atoms with Crippen LogP contribution < -0.4 is 14.8 Å². The van der Waals surface area contributed by atoms with Crippen LogP contribution in [-0.2, 0) is 6.42 Å². The minimum Gasteiger partial charge on any atom is -0.493 e. The second-order valence-electron chi connectivity index (χ2n) is 4.33. The van der Waals surface area contributed by atoms with Crippen molar-refractivity contribution in [2.75, 3.05) is 20.7 Å². The maximum atomic E-state index is 12.0. The Bertz CT molecular complexity index is 488. The minimum absolute atomic E-state index is 0.0526. The van der Waals surface area contributed by atoms with Gasteiger partial charge in [0.15, 0.2) is 17.3 Å². The third-order valence-corrected chi connectivity index (χ3v) is 3.37. The van der Waals surface area contributed by atoms with Crippen molar-refractivity contribution in [2.45, 2.75) is 19.4 Å². The van der Waals surface area contributed by atoms with E-state index < -0.39 is 0 Å². The standard InChI is InChI=1S/C13H16ClNO3/c1-7-4-9-12(14)8(10(16)6-15-2)5-11(17-3)13(9)18-7/h5,7,15H,4,6H2,1-3H3. The molecule has 1 aliphatic rings. The highest BCUT2D eigenvalue weighted by atomic mass is 35.5. The number of benzene rings is 1. The van der Waals surface area contributed by atoms with Gasteiger partial charge in [0.1, 0.15) is 6.10 Å². The predicted molar refractivity (Wildman–Crippen MR) is 70.1 cm³/mol. The molecule has 0 saturated heterocycles. The van der Waals surface area contributed by atoms with Gasteiger partial charge in [-0.3, -0.25) is 4.79 Å². The average molecular weight is 270 g/mol. The van der Waals surface area contributed by atoms with Gasteiger partial charge in [-0.15, -0.1) is 0 Å². The minimum atomic E-state index is -0.0526. The average Bonchev–Trinajstić information content (AvgIpc) is 2.72. The zero-order valence-electron chi connectivity index (χ0n) is 10.7. The molecule has 0 saturated carbocycles. The third kappa shape index (κ3) is 2.18. The summed E-state index contributed by atoms with van der Waals surface area (Å²) >= 11 is 6.29. The summed E-state index contributed by atoms with van der Waals surface area (Å²) in [5.74, 6) is 1.18. The Morgan fingerprint density at radius 1 is 1.67 bits per heavy atom. The van der Waals surface area contributed by atoms with E-state index in [1.807, 2.05) is 6.92 Å². The number of halogens is 1. The van der Waals surface area contributed by atoms with E-state index in [1.165, 1.54) is 0 Å². The Morgan fingerprint density at radius 3 is 3.00 bits per heavy atom. The quantitative estimate of drug-likeness (QED) is 0.850. The molecule has 1 aromatic rings. The van der Waals surface area contributed by atoms with Gasteiger partial charge in [0.2, 0.25) is 0 Å². The number of likely N-dealkylation sites (N-methyl/N-ethyl adjacent to an activating group) is 1. The van der Waals surface area contributed by atoms with E-state index in [1.54, 1.807) is 20.2 Å². The molecule has 98 valence electrons. The summed E-state index contributed by atoms with van der Waals surface area (Å²) in [5, 5.41) is 3.31. The van der Waals surface area contributed by atoms with Gasteiger partial charge in [0.05, 0.1) is 18.7 Å². The number of carbonyl (C=O) groups is 1. The van der Waals surface area contributed by atoms with Crippen LogP contribution in [0.4, 0.5) is 0 Å². The molecule has 0 aromatic heterocycles. The topological polar surface area (TPSA) is 47.6 Å². The molecular formula is C13H16ClNO3. The second kappa shape index (κ2) is 5.16. The van der Waals surface area contributed by atoms with Gasteiger partial charge in [-0.05, 0) is 20.0 Å². The van der Waals surface area contributed by atoms with Gasteiger partial charge >= 0.3 is 0 Å². The zero-order valence-corrected chi connectivity index (χ0v) is 11.4. The van der Waals surface area contributed by atoms with Crippen LogP contribution >= 0.6 is 11.6 Å². The third-order valence-electron chi connectivity index (χ3n) is 2.94. The molecule has 1 unspecified atom stereocenters. The molecule has 1 aliphatic heterocycles. The molecule has 5 heteroatoms. The first-order valence-electron chi connectivity index (χ1n) is 5.82. The van der Waals surface area contributed by atoms with Gasteiger partial charge in [-0.2, -0.15) is 0 Å². The van der Waals surface area contributed by atoms with E-state index >= 15 is 0 Å². The van der Waals surface area contributed by atoms with Crippen molar-refractivity contribution in [3.05, 3.63) is 22.2 Å². The maximum absolute atomic E-state index is 12.0. The normalized spacial score (nSPS) is 17.2. The van der Waals surface area contributed by atoms with Crippen LogP contribution in [0.5, 0.6) is 11.5 Å². The molecule has 1 atom stereocenters. The Kier molecular flexibility index (Phi) is 3.78. The van der Waals surface area contributed by atoms with Crippen molar-refractivity contribution in [3.8, 4) is 11.5 Å². The lowest BCUT2D eigenvalue weighted by Crippen LogP contribution is -2.19. The Morgan fingerprint density at radius 2 is 2.39 bits per heavy atom. The number of rotatable bonds is 4. The van der Waals surface area contributed by atoms with Gasteiger partial charge in [0, 0.05) is 17.5 Å². The Labute approximate surface area is 111 Å². The van der Waals surface area contributed by atoms with Crippen LogP contribution in [0.1, 0.15) is 22.8 Å². The maximum Gasteiger partial charge on any atom is 0.178 e. The fourth-order valence-electron chi connectivity index (χ4n) is 2.12. The van der Waals surface area contributed by atoms with Crippen LogP contribution in [0.3, 0.4) is 0 Å². The van der Waals surface area contributed by atoms with E-state index in [-0.39, 0.29) is 18.4 Å². The molecule has 1 N–H and O–H groups in total. The van der Waals surface area contributed by atoms with Crippen LogP contribution in [0.15, 0.2) is 6.07 Å². The molecule has 0 aliphatic carbocycles. The molecule has 0 amide bonds. The monoisotopic (exact) mass is 269 g/mol. The molecular weight excluding hydrogens is 254 g/mol. The summed E-state index contributed by atoms with van der Waals surface area (Å²) in [6, 6.07) is 1.65. The SMILES string of the molecule is CNCC(=O)c1cc(OC)c2c(c1Cl)CC(C)O2. The first-order valence-corrected chi connectivity index (χ1v) is 6.20. The largest absolute Gasteiger partial charge is 0.493 e. The van der Waals surface area contributed by atoms with Crippen molar-refractivity contribution < 1.29 is 14.3 Å². The van der Waals surface area contributed by atoms with Crippen LogP contribution in [0.25, 0.3) is 0 Å². The van der Waals surface area contributed by atoms with Crippen LogP contribution in [-0.4, -0.2) is 32.6 Å². The van der Waals surface area contributed by atoms with E-state index in [0.717, 1.165) is 5.56 Å². The number of hydrogen-bond donors (Lipinski definition) is 1. The number of hydrogen-bond acceptors (Lipinski definition) is 4. The molecule has 2 rings (SSSR count). The number of methoxy groups -OCH3 is 1. The van der Waals surface area contributed by atoms with Gasteiger partial charge < -0.3 is 14.8 Å². The van der Waals surface area contributed by atoms with E-state index in [2.05, 4.69) is 5.32 Å². The van der Waals surface area contributed by atoms with Crippen LogP contribution in [0, 0.1) is 0 Å². The van der Waals surface area contributed by atoms with Crippen molar-refractivity contribution in [3.63, 3.8) is 0 Å². The smallest absolute Gasteiger partial charge is 0.178 e. The first-order chi connectivity index (χ1) is 8.58. The zero-order chi connectivity index (χ0) is 13.3. The van der Waals surface area contributed by atoms with E-state index in [9.17, 15) is 4.79 Å². The highest BCUT2D eigenvalue weighted by molar-refractivity contribution is 6.35. The highest BCUT2D eigenvalue weighted by Crippen LogP contribution is 2.43. The number of carbonyl (C=O) groups excluding carboxylic acids is 1. The summed E-state index contributed by atoms with van der Waals surface area (Å²) in [5.41, 5.74) is 1.35. The lowest BCUT2D eigenvalue weighted by molar-refractivity contribution is 0.0993. The van der Waals surface area contributed by atoms with Gasteiger partial charge in [-0.1, -0.05) is 11.6 Å². The van der Waals surface area contributed by atoms with Crippen molar-refractivity contribution in [1.29, 1.82) is 0 Å². The summed E-state index contributed by atoms with van der Waals surface area (Å²) in [6.07, 6.45) is 0.756. The Hall–Kier alpha value is -1.26. The fourth-order valence-corrected chi connectivity index (χ4v) is 2.45. The number of Topliss-reactive ketones (excluding diaryl/α,β-unsaturated/α-hetero) is 1. The van der Waals surface area contributed by atoms with Crippen molar-refractivity contribution >= 4 is 17.4 Å². The van der Waals surface area contributed by atoms with Crippen LogP contribution in [0.2, 0.25) is 5.02 Å². The summed E-state index contributed by atoms with van der Waals surface area (Å²) in [6.45, 7) is 2.21. The molecule has 4 nitrogen and oxygen atoms in total. The molecule has 18 heavy (non-hydrogen) atoms. The molecule has 0 spiro atoms. The predicted octanol–water partition coefficient (Wildman–Crippen LogP) is 2.07. The number of nitrogens with one attached hydrogen (secondary N) is 1. The van der Waals surface area contributed by atoms with E-state index in [4.69, 9.17) is 21.1 Å². The lowest BCUT2D eigenvalue weighted by Gasteiger charge is -2.12. The molecule has 0 bridgehead atoms. The number of ketones is 1. The van der Waals surface area contributed by atoms with Gasteiger partial charge in [-0.25, -0.2) is 0 Å². The fraction of sp³-hybridized carbons (Fsp3) is 0.462. The van der Waals surface area contributed by atoms with Crippen molar-refractivity contribution in [1.82, 2.24) is 5.32 Å². The molecule has 1 aromatic carbocycles. The van der Waals surface area contributed by atoms with Crippen molar-refractivity contribution in [2.24, 2.45) is 0 Å². The first kappa shape index (κ1) is 13.2. The summed E-state index contributed by atoms with van der Waals surface area (Å²) in [7, 11) is 3.28. The summed E-state index contributed by atoms with van der Waals surface area (Å²) < 4.78 is 10.9. The molecule has 0 fully saturated rings. The number of ether oxygens (including phenoxy) is 2. The molecule has 0 radical (unpaired) electrons. The van der Waals surface area contributed by atoms with E-state index in [0.29, 0.717) is 28.5 Å². The lowest BCUT2D eigenvalue weighted by atomic mass is 10.0. The molecule has 1 heterocycles. The second-order valence-corrected chi connectivity index (χ2v) is 4.71. The van der Waals surface area contributed by atoms with Gasteiger partial charge in [0.25, 0.3) is 0 Å². The highest BCUT2D eigenvalue weighted by Gasteiger charge is 2.29. The summed E-state index contributed by atoms with van der Waals surface area (Å²) in [4.78, 5) is 12.0. The number of fused-ring (bicyclic) bond motifs is 1.